The highest BCUT2D eigenvalue weighted by Gasteiger charge is 2.17. The van der Waals surface area contributed by atoms with Crippen LogP contribution in [0.15, 0.2) is 61.2 Å². The Labute approximate surface area is 191 Å². The van der Waals surface area contributed by atoms with Crippen LogP contribution in [0.2, 0.25) is 0 Å². The minimum atomic E-state index is -0.418. The van der Waals surface area contributed by atoms with E-state index in [0.717, 1.165) is 22.0 Å². The van der Waals surface area contributed by atoms with Crippen molar-refractivity contribution in [3.8, 4) is 39.7 Å². The number of methoxy groups -OCH3 is 1. The fourth-order valence-corrected chi connectivity index (χ4v) is 3.94. The molecule has 0 amide bonds. The molecule has 4 N–H and O–H groups in total. The standard InChI is InChI=1S/C24H17FN8O/c1-34-17-6-12(4-15(25)8-17)20-22-19(2-3-28-20)30-24(31-22)21-18-7-14(10-29-23(18)33-32-21)13-5-16(26)11-27-9-13/h2-11H,26H2,1H3,(H,30,31)(H,29,32,33). The van der Waals surface area contributed by atoms with Crippen LogP contribution in [0.5, 0.6) is 5.75 Å². The second-order valence-electron chi connectivity index (χ2n) is 7.72. The van der Waals surface area contributed by atoms with E-state index >= 15 is 0 Å². The molecule has 0 fully saturated rings. The topological polar surface area (TPSA) is 131 Å². The Morgan fingerprint density at radius 3 is 2.71 bits per heavy atom. The molecule has 10 heteroatoms. The van der Waals surface area contributed by atoms with Crippen molar-refractivity contribution < 1.29 is 9.13 Å². The number of nitrogens with zero attached hydrogens (tertiary/aromatic N) is 5. The van der Waals surface area contributed by atoms with Crippen LogP contribution in [-0.4, -0.2) is 42.2 Å². The van der Waals surface area contributed by atoms with Gasteiger partial charge >= 0.3 is 0 Å². The smallest absolute Gasteiger partial charge is 0.181 e. The number of aromatic amines is 2. The van der Waals surface area contributed by atoms with E-state index in [1.807, 2.05) is 18.2 Å². The van der Waals surface area contributed by atoms with Crippen molar-refractivity contribution in [1.29, 1.82) is 0 Å². The van der Waals surface area contributed by atoms with Crippen LogP contribution in [0.4, 0.5) is 10.1 Å². The number of H-pyrrole nitrogens is 2. The van der Waals surface area contributed by atoms with Crippen LogP contribution in [0.1, 0.15) is 0 Å². The lowest BCUT2D eigenvalue weighted by atomic mass is 10.1. The van der Waals surface area contributed by atoms with Crippen LogP contribution >= 0.6 is 0 Å². The summed E-state index contributed by atoms with van der Waals surface area (Å²) in [5.41, 5.74) is 11.8. The first-order chi connectivity index (χ1) is 16.6. The highest BCUT2D eigenvalue weighted by molar-refractivity contribution is 5.96. The summed E-state index contributed by atoms with van der Waals surface area (Å²) in [6.45, 7) is 0. The number of nitrogen functional groups attached to an aromatic ring is 1. The zero-order valence-electron chi connectivity index (χ0n) is 17.9. The number of fused-ring (bicyclic) bond motifs is 2. The lowest BCUT2D eigenvalue weighted by Crippen LogP contribution is -1.90. The summed E-state index contributed by atoms with van der Waals surface area (Å²) in [4.78, 5) is 21.1. The Balaban J connectivity index is 1.50. The molecule has 0 atom stereocenters. The van der Waals surface area contributed by atoms with Gasteiger partial charge in [0.05, 0.1) is 29.4 Å². The van der Waals surface area contributed by atoms with Gasteiger partial charge in [0, 0.05) is 47.5 Å². The summed E-state index contributed by atoms with van der Waals surface area (Å²) >= 11 is 0. The van der Waals surface area contributed by atoms with Crippen LogP contribution < -0.4 is 10.5 Å². The average Bonchev–Trinajstić information content (AvgIpc) is 3.47. The summed E-state index contributed by atoms with van der Waals surface area (Å²) < 4.78 is 19.3. The van der Waals surface area contributed by atoms with Gasteiger partial charge in [-0.25, -0.2) is 14.4 Å². The van der Waals surface area contributed by atoms with Gasteiger partial charge in [-0.15, -0.1) is 0 Å². The first kappa shape index (κ1) is 19.8. The average molecular weight is 452 g/mol. The van der Waals surface area contributed by atoms with E-state index in [1.165, 1.54) is 19.2 Å². The lowest BCUT2D eigenvalue weighted by molar-refractivity contribution is 0.411. The number of anilines is 1. The Kier molecular flexibility index (Phi) is 4.44. The second kappa shape index (κ2) is 7.62. The SMILES string of the molecule is COc1cc(F)cc(-c2nccc3[nH]c(-c4[nH]nc5ncc(-c6cncc(N)c6)cc45)nc23)c1. The molecule has 0 aliphatic carbocycles. The monoisotopic (exact) mass is 452 g/mol. The van der Waals surface area contributed by atoms with E-state index < -0.39 is 5.82 Å². The van der Waals surface area contributed by atoms with E-state index in [2.05, 4.69) is 30.1 Å². The largest absolute Gasteiger partial charge is 0.497 e. The maximum absolute atomic E-state index is 14.1. The van der Waals surface area contributed by atoms with Crippen LogP contribution in [0.25, 0.3) is 56.0 Å². The van der Waals surface area contributed by atoms with Crippen molar-refractivity contribution in [3.05, 3.63) is 67.0 Å². The van der Waals surface area contributed by atoms with Crippen LogP contribution in [-0.2, 0) is 0 Å². The fourth-order valence-electron chi connectivity index (χ4n) is 3.94. The molecular formula is C24H17FN8O. The molecule has 0 aliphatic heterocycles. The Hall–Kier alpha value is -4.86. The molecule has 1 aromatic carbocycles. The van der Waals surface area contributed by atoms with E-state index in [-0.39, 0.29) is 0 Å². The third kappa shape index (κ3) is 3.28. The van der Waals surface area contributed by atoms with Gasteiger partial charge in [0.15, 0.2) is 11.5 Å². The predicted octanol–water partition coefficient (Wildman–Crippen LogP) is 4.36. The quantitative estimate of drug-likeness (QED) is 0.362. The summed E-state index contributed by atoms with van der Waals surface area (Å²) in [5.74, 6) is 0.539. The molecule has 34 heavy (non-hydrogen) atoms. The zero-order chi connectivity index (χ0) is 23.2. The Morgan fingerprint density at radius 1 is 0.971 bits per heavy atom. The minimum Gasteiger partial charge on any atom is -0.497 e. The Morgan fingerprint density at radius 2 is 1.85 bits per heavy atom. The highest BCUT2D eigenvalue weighted by atomic mass is 19.1. The van der Waals surface area contributed by atoms with Crippen molar-refractivity contribution in [1.82, 2.24) is 35.1 Å². The first-order valence-electron chi connectivity index (χ1n) is 10.3. The molecule has 5 heterocycles. The molecule has 0 aliphatic rings. The van der Waals surface area contributed by atoms with Gasteiger partial charge < -0.3 is 15.5 Å². The molecule has 166 valence electrons. The van der Waals surface area contributed by atoms with E-state index in [9.17, 15) is 4.39 Å². The van der Waals surface area contributed by atoms with Gasteiger partial charge in [-0.3, -0.25) is 15.1 Å². The van der Waals surface area contributed by atoms with Gasteiger partial charge in [-0.2, -0.15) is 5.10 Å². The van der Waals surface area contributed by atoms with E-state index in [1.54, 1.807) is 30.9 Å². The third-order valence-electron chi connectivity index (χ3n) is 5.52. The molecule has 0 saturated carbocycles. The number of hydrogen-bond donors (Lipinski definition) is 3. The number of nitrogens with one attached hydrogen (secondary N) is 2. The molecule has 9 nitrogen and oxygen atoms in total. The van der Waals surface area contributed by atoms with Gasteiger partial charge in [-0.1, -0.05) is 0 Å². The number of imidazole rings is 1. The zero-order valence-corrected chi connectivity index (χ0v) is 17.9. The maximum Gasteiger partial charge on any atom is 0.181 e. The summed E-state index contributed by atoms with van der Waals surface area (Å²) in [6.07, 6.45) is 6.69. The van der Waals surface area contributed by atoms with E-state index in [0.29, 0.717) is 45.4 Å². The number of hydrogen-bond acceptors (Lipinski definition) is 7. The number of halogens is 1. The molecule has 0 radical (unpaired) electrons. The van der Waals surface area contributed by atoms with Gasteiger partial charge in [0.2, 0.25) is 0 Å². The number of pyridine rings is 3. The van der Waals surface area contributed by atoms with Crippen molar-refractivity contribution in [2.75, 3.05) is 12.8 Å². The van der Waals surface area contributed by atoms with Crippen molar-refractivity contribution >= 4 is 27.8 Å². The van der Waals surface area contributed by atoms with E-state index in [4.69, 9.17) is 15.5 Å². The van der Waals surface area contributed by atoms with Gasteiger partial charge in [0.1, 0.15) is 22.8 Å². The number of rotatable bonds is 4. The summed E-state index contributed by atoms with van der Waals surface area (Å²) in [5, 5.41) is 8.11. The number of aromatic nitrogens is 7. The highest BCUT2D eigenvalue weighted by Crippen LogP contribution is 2.33. The predicted molar refractivity (Wildman–Crippen MR) is 126 cm³/mol. The van der Waals surface area contributed by atoms with Crippen molar-refractivity contribution in [2.24, 2.45) is 0 Å². The van der Waals surface area contributed by atoms with Crippen LogP contribution in [0.3, 0.4) is 0 Å². The normalized spacial score (nSPS) is 11.4. The molecular weight excluding hydrogens is 435 g/mol. The number of ether oxygens (including phenoxy) is 1. The van der Waals surface area contributed by atoms with Gasteiger partial charge in [0.25, 0.3) is 0 Å². The summed E-state index contributed by atoms with van der Waals surface area (Å²) in [7, 11) is 1.49. The molecule has 0 unspecified atom stereocenters. The molecule has 0 saturated heterocycles. The molecule has 0 spiro atoms. The number of benzene rings is 1. The molecule has 6 aromatic rings. The molecule has 5 aromatic heterocycles. The third-order valence-corrected chi connectivity index (χ3v) is 5.52. The minimum absolute atomic E-state index is 0.402. The van der Waals surface area contributed by atoms with Crippen LogP contribution in [0, 0.1) is 5.82 Å². The van der Waals surface area contributed by atoms with Crippen molar-refractivity contribution in [3.63, 3.8) is 0 Å². The lowest BCUT2D eigenvalue weighted by Gasteiger charge is -2.05. The molecule has 6 rings (SSSR count). The molecule has 0 bridgehead atoms. The summed E-state index contributed by atoms with van der Waals surface area (Å²) in [6, 6.07) is 10.0. The van der Waals surface area contributed by atoms with Gasteiger partial charge in [-0.05, 0) is 30.3 Å². The maximum atomic E-state index is 14.1. The Bertz CT molecular complexity index is 1690. The fraction of sp³-hybridized carbons (Fsp3) is 0.0417. The number of nitrogens with two attached hydrogens (primary N) is 1. The first-order valence-corrected chi connectivity index (χ1v) is 10.3. The van der Waals surface area contributed by atoms with Crippen molar-refractivity contribution in [2.45, 2.75) is 0 Å². The second-order valence-corrected chi connectivity index (χ2v) is 7.72.